The normalized spacial score (nSPS) is 16.8. The number of hydrogen-bond donors (Lipinski definition) is 0. The first kappa shape index (κ1) is 33.0. The topological polar surface area (TPSA) is 108 Å². The van der Waals surface area contributed by atoms with Gasteiger partial charge >= 0.3 is 0 Å². The molecule has 196 valence electrons. The Labute approximate surface area is 206 Å². The van der Waals surface area contributed by atoms with Gasteiger partial charge in [-0.25, -0.2) is 4.31 Å². The van der Waals surface area contributed by atoms with Crippen LogP contribution in [-0.2, 0) is 22.5 Å². The number of allylic oxidation sites excluding steroid dienone is 7. The van der Waals surface area contributed by atoms with E-state index in [0.29, 0.717) is 0 Å². The molecule has 0 radical (unpaired) electrons. The van der Waals surface area contributed by atoms with E-state index in [-0.39, 0.29) is 13.0 Å². The molecule has 7 nitrogen and oxygen atoms in total. The van der Waals surface area contributed by atoms with Crippen LogP contribution >= 0.6 is 15.6 Å². The Balaban J connectivity index is 5.44. The molecular formula is C25H42O7P2-2. The molecule has 0 spiro atoms. The zero-order valence-electron chi connectivity index (χ0n) is 22.0. The molecule has 0 aliphatic rings. The fraction of sp³-hybridized carbons (Fsp3) is 0.600. The van der Waals surface area contributed by atoms with Crippen molar-refractivity contribution in [2.75, 3.05) is 6.61 Å². The van der Waals surface area contributed by atoms with Crippen LogP contribution < -0.4 is 9.79 Å². The second-order valence-corrected chi connectivity index (χ2v) is 12.0. The molecule has 34 heavy (non-hydrogen) atoms. The molecule has 0 bridgehead atoms. The zero-order valence-corrected chi connectivity index (χ0v) is 23.7. The molecule has 0 amide bonds. The fourth-order valence-electron chi connectivity index (χ4n) is 2.76. The molecule has 0 aliphatic carbocycles. The van der Waals surface area contributed by atoms with Gasteiger partial charge in [-0.05, 0) is 87.5 Å². The first-order chi connectivity index (χ1) is 15.6. The first-order valence-corrected chi connectivity index (χ1v) is 14.4. The summed E-state index contributed by atoms with van der Waals surface area (Å²) in [4.78, 5) is 24.3. The van der Waals surface area contributed by atoms with Crippen LogP contribution in [0.2, 0.25) is 0 Å². The van der Waals surface area contributed by atoms with Crippen molar-refractivity contribution in [1.29, 1.82) is 0 Å². The largest absolute Gasteiger partial charge is 0.756 e. The highest BCUT2D eigenvalue weighted by molar-refractivity contribution is 7.59. The molecule has 0 aromatic carbocycles. The lowest BCUT2D eigenvalue weighted by molar-refractivity contribution is -0.244. The number of hydrogen-bond acceptors (Lipinski definition) is 7. The fourth-order valence-corrected chi connectivity index (χ4v) is 4.82. The van der Waals surface area contributed by atoms with Gasteiger partial charge in [-0.2, -0.15) is 0 Å². The predicted molar refractivity (Wildman–Crippen MR) is 136 cm³/mol. The van der Waals surface area contributed by atoms with Crippen molar-refractivity contribution in [2.45, 2.75) is 93.6 Å². The van der Waals surface area contributed by atoms with Gasteiger partial charge in [-0.15, -0.1) is 0 Å². The summed E-state index contributed by atoms with van der Waals surface area (Å²) < 4.78 is 38.3. The van der Waals surface area contributed by atoms with Crippen LogP contribution in [0.4, 0.5) is 0 Å². The Morgan fingerprint density at radius 3 is 1.74 bits per heavy atom. The molecule has 0 fully saturated rings. The Bertz CT molecular complexity index is 870. The second kappa shape index (κ2) is 16.6. The number of rotatable bonds is 16. The monoisotopic (exact) mass is 516 g/mol. The van der Waals surface area contributed by atoms with Crippen molar-refractivity contribution >= 4 is 15.6 Å². The standard InChI is InChI=1S/C25H44O7P2/c1-20(2)11-9-13-23(7)15-16-25(19-24(8)14-10-12-21(3)4)31-34(28,29)32-33(26,27)30-18-17-22(5)6/h11-12,15,17,19,25H,9-10,13-14,16,18H2,1-8H3,(H,26,27)(H,28,29)/p-2/b23-15+,24-19+. The van der Waals surface area contributed by atoms with E-state index < -0.39 is 21.7 Å². The summed E-state index contributed by atoms with van der Waals surface area (Å²) in [7, 11) is -10.3. The minimum absolute atomic E-state index is 0.262. The third-order valence-corrected chi connectivity index (χ3v) is 7.13. The SMILES string of the molecule is CC(C)=CCC/C(C)=C/CC(/C=C(\C)CCC=C(C)C)OP(=O)([O-])OP(=O)([O-])OCC=C(C)C. The molecule has 3 unspecified atom stereocenters. The summed E-state index contributed by atoms with van der Waals surface area (Å²) in [6.07, 6.45) is 12.0. The molecule has 0 aliphatic heterocycles. The molecule has 0 rings (SSSR count). The quantitative estimate of drug-likeness (QED) is 0.159. The molecule has 0 saturated heterocycles. The van der Waals surface area contributed by atoms with E-state index in [9.17, 15) is 18.9 Å². The summed E-state index contributed by atoms with van der Waals surface area (Å²) in [5, 5.41) is 0. The van der Waals surface area contributed by atoms with Crippen molar-refractivity contribution in [2.24, 2.45) is 0 Å². The Kier molecular flexibility index (Phi) is 16.1. The van der Waals surface area contributed by atoms with Crippen molar-refractivity contribution in [3.63, 3.8) is 0 Å². The van der Waals surface area contributed by atoms with Crippen LogP contribution in [0.25, 0.3) is 0 Å². The van der Waals surface area contributed by atoms with Gasteiger partial charge in [0.15, 0.2) is 0 Å². The Hall–Kier alpha value is -1.04. The highest BCUT2D eigenvalue weighted by atomic mass is 31.3. The predicted octanol–water partition coefficient (Wildman–Crippen LogP) is 7.08. The maximum atomic E-state index is 12.4. The van der Waals surface area contributed by atoms with E-state index in [1.54, 1.807) is 19.9 Å². The van der Waals surface area contributed by atoms with Gasteiger partial charge in [0.05, 0.1) is 12.7 Å². The molecule has 9 heteroatoms. The first-order valence-electron chi connectivity index (χ1n) is 11.5. The minimum Gasteiger partial charge on any atom is -0.756 e. The Morgan fingerprint density at radius 2 is 1.24 bits per heavy atom. The van der Waals surface area contributed by atoms with Crippen LogP contribution in [0, 0.1) is 0 Å². The lowest BCUT2D eigenvalue weighted by atomic mass is 10.0. The van der Waals surface area contributed by atoms with Gasteiger partial charge in [0, 0.05) is 0 Å². The van der Waals surface area contributed by atoms with Crippen LogP contribution in [0.15, 0.2) is 58.2 Å². The van der Waals surface area contributed by atoms with E-state index in [1.165, 1.54) is 17.2 Å². The van der Waals surface area contributed by atoms with Crippen molar-refractivity contribution in [1.82, 2.24) is 0 Å². The van der Waals surface area contributed by atoms with Crippen molar-refractivity contribution in [3.05, 3.63) is 58.2 Å². The van der Waals surface area contributed by atoms with E-state index >= 15 is 0 Å². The zero-order chi connectivity index (χ0) is 26.4. The summed E-state index contributed by atoms with van der Waals surface area (Å²) in [5.41, 5.74) is 5.28. The van der Waals surface area contributed by atoms with Gasteiger partial charge in [0.25, 0.3) is 15.6 Å². The van der Waals surface area contributed by atoms with Gasteiger partial charge < -0.3 is 18.8 Å². The minimum atomic E-state index is -5.19. The number of phosphoric ester groups is 2. The lowest BCUT2D eigenvalue weighted by Gasteiger charge is -2.32. The highest BCUT2D eigenvalue weighted by Crippen LogP contribution is 2.56. The van der Waals surface area contributed by atoms with E-state index in [0.717, 1.165) is 42.4 Å². The van der Waals surface area contributed by atoms with Crippen LogP contribution in [0.5, 0.6) is 0 Å². The van der Waals surface area contributed by atoms with Crippen LogP contribution in [0.1, 0.15) is 87.5 Å². The molecule has 0 saturated carbocycles. The Morgan fingerprint density at radius 1 is 0.735 bits per heavy atom. The van der Waals surface area contributed by atoms with Gasteiger partial charge in [0.1, 0.15) is 0 Å². The summed E-state index contributed by atoms with van der Waals surface area (Å²) in [5.74, 6) is 0. The maximum Gasteiger partial charge on any atom is 0.274 e. The van der Waals surface area contributed by atoms with Gasteiger partial charge in [0.2, 0.25) is 0 Å². The second-order valence-electron chi connectivity index (χ2n) is 9.14. The van der Waals surface area contributed by atoms with Gasteiger partial charge in [-0.1, -0.05) is 58.2 Å². The average Bonchev–Trinajstić information content (AvgIpc) is 2.63. The molecule has 0 aromatic heterocycles. The maximum absolute atomic E-state index is 12.4. The summed E-state index contributed by atoms with van der Waals surface area (Å²) in [6.45, 7) is 15.2. The van der Waals surface area contributed by atoms with Crippen molar-refractivity contribution in [3.8, 4) is 0 Å². The molecular weight excluding hydrogens is 474 g/mol. The van der Waals surface area contributed by atoms with Gasteiger partial charge in [-0.3, -0.25) is 9.13 Å². The smallest absolute Gasteiger partial charge is 0.274 e. The highest BCUT2D eigenvalue weighted by Gasteiger charge is 2.23. The number of phosphoric acid groups is 2. The molecule has 3 atom stereocenters. The van der Waals surface area contributed by atoms with E-state index in [4.69, 9.17) is 4.52 Å². The summed E-state index contributed by atoms with van der Waals surface area (Å²) >= 11 is 0. The molecule has 0 N–H and O–H groups in total. The average molecular weight is 517 g/mol. The molecule has 0 heterocycles. The summed E-state index contributed by atoms with van der Waals surface area (Å²) in [6, 6.07) is 0. The van der Waals surface area contributed by atoms with Crippen molar-refractivity contribution < 1.29 is 32.3 Å². The van der Waals surface area contributed by atoms with E-state index in [2.05, 4.69) is 21.0 Å². The lowest BCUT2D eigenvalue weighted by Crippen LogP contribution is -2.18. The van der Waals surface area contributed by atoms with E-state index in [1.807, 2.05) is 47.6 Å². The van der Waals surface area contributed by atoms with Crippen LogP contribution in [0.3, 0.4) is 0 Å². The van der Waals surface area contributed by atoms with Crippen LogP contribution in [-0.4, -0.2) is 12.7 Å². The molecule has 0 aromatic rings. The third kappa shape index (κ3) is 19.3. The third-order valence-electron chi connectivity index (χ3n) is 4.54.